The van der Waals surface area contributed by atoms with Gasteiger partial charge in [-0.05, 0) is 30.3 Å². The van der Waals surface area contributed by atoms with Crippen LogP contribution in [0.25, 0.3) is 11.1 Å². The van der Waals surface area contributed by atoms with Crippen molar-refractivity contribution in [1.29, 1.82) is 0 Å². The molecular weight excluding hydrogens is 562 g/mol. The van der Waals surface area contributed by atoms with E-state index < -0.39 is 42.3 Å². The summed E-state index contributed by atoms with van der Waals surface area (Å²) in [5.74, 6) is 0.586. The Balaban J connectivity index is 1.41. The van der Waals surface area contributed by atoms with Crippen LogP contribution in [0.3, 0.4) is 0 Å². The third-order valence-electron chi connectivity index (χ3n) is 8.25. The van der Waals surface area contributed by atoms with E-state index in [2.05, 4.69) is 5.32 Å². The van der Waals surface area contributed by atoms with E-state index in [-0.39, 0.29) is 24.8 Å². The number of carboxylic acids is 1. The van der Waals surface area contributed by atoms with Gasteiger partial charge in [-0.25, -0.2) is 4.79 Å². The fraction of sp³-hybridized carbons (Fsp3) is 0.387. The van der Waals surface area contributed by atoms with Crippen LogP contribution >= 0.6 is 0 Å². The van der Waals surface area contributed by atoms with Crippen molar-refractivity contribution in [3.8, 4) is 39.9 Å². The molecule has 0 spiro atoms. The molecule has 0 aromatic heterocycles. The highest BCUT2D eigenvalue weighted by atomic mass is 16.7. The van der Waals surface area contributed by atoms with Gasteiger partial charge in [0.05, 0.1) is 26.7 Å². The van der Waals surface area contributed by atoms with Crippen LogP contribution in [0.15, 0.2) is 54.6 Å². The highest BCUT2D eigenvalue weighted by molar-refractivity contribution is 5.79. The number of aliphatic carboxylic acids is 1. The van der Waals surface area contributed by atoms with Crippen molar-refractivity contribution >= 4 is 5.97 Å². The number of methoxy groups -OCH3 is 2. The van der Waals surface area contributed by atoms with Crippen molar-refractivity contribution < 1.29 is 53.6 Å². The summed E-state index contributed by atoms with van der Waals surface area (Å²) in [6, 6.07) is 16.6. The van der Waals surface area contributed by atoms with E-state index in [1.807, 2.05) is 42.5 Å². The molecule has 1 fully saturated rings. The summed E-state index contributed by atoms with van der Waals surface area (Å²) in [5.41, 5.74) is 0.957. The molecule has 1 saturated heterocycles. The third kappa shape index (κ3) is 4.62. The molecule has 7 unspecified atom stereocenters. The fourth-order valence-electron chi connectivity index (χ4n) is 6.11. The number of benzene rings is 3. The molecule has 6 rings (SSSR count). The zero-order valence-electron chi connectivity index (χ0n) is 23.7. The van der Waals surface area contributed by atoms with E-state index in [0.29, 0.717) is 28.6 Å². The molecule has 228 valence electrons. The van der Waals surface area contributed by atoms with Crippen molar-refractivity contribution in [2.75, 3.05) is 34.4 Å². The largest absolute Gasteiger partial charge is 0.493 e. The number of fused-ring (bicyclic) bond motifs is 5. The van der Waals surface area contributed by atoms with Crippen molar-refractivity contribution in [2.45, 2.75) is 42.2 Å². The monoisotopic (exact) mass is 595 g/mol. The molecule has 0 amide bonds. The Morgan fingerprint density at radius 3 is 2.49 bits per heavy atom. The maximum Gasteiger partial charge on any atom is 0.340 e. The molecule has 43 heavy (non-hydrogen) atoms. The lowest BCUT2D eigenvalue weighted by Crippen LogP contribution is -2.71. The first-order valence-corrected chi connectivity index (χ1v) is 13.8. The maximum absolute atomic E-state index is 12.2. The Labute approximate surface area is 247 Å². The van der Waals surface area contributed by atoms with Gasteiger partial charge in [0.1, 0.15) is 35.9 Å². The van der Waals surface area contributed by atoms with Gasteiger partial charge in [0.25, 0.3) is 0 Å². The number of ether oxygens (including phenoxy) is 6. The number of hydrogen-bond donors (Lipinski definition) is 5. The zero-order chi connectivity index (χ0) is 30.5. The summed E-state index contributed by atoms with van der Waals surface area (Å²) >= 11 is 0. The second-order valence-corrected chi connectivity index (χ2v) is 10.7. The molecule has 3 heterocycles. The standard InChI is InChI=1S/C31H33NO11/c1-32-14-31(30(36)37)28(35)23(33)24(34)29(43-31)41-16-11-18(15-7-5-4-6-8-15)22-21(12-16)40-13-19-17-9-10-20(38-2)27(39-3)26(17)42-25(19)22/h4-12,19,23-25,28-29,32-35H,13-14H2,1-3H3,(H,36,37). The minimum absolute atomic E-state index is 0.144. The normalized spacial score (nSPS) is 28.9. The Morgan fingerprint density at radius 1 is 1.05 bits per heavy atom. The average Bonchev–Trinajstić information content (AvgIpc) is 3.40. The highest BCUT2D eigenvalue weighted by Crippen LogP contribution is 2.58. The summed E-state index contributed by atoms with van der Waals surface area (Å²) in [4.78, 5) is 12.2. The minimum Gasteiger partial charge on any atom is -0.493 e. The molecule has 3 aromatic rings. The van der Waals surface area contributed by atoms with Crippen LogP contribution in [0.2, 0.25) is 0 Å². The molecular formula is C31H33NO11. The first kappa shape index (κ1) is 29.0. The van der Waals surface area contributed by atoms with Gasteiger partial charge < -0.3 is 54.2 Å². The van der Waals surface area contributed by atoms with Gasteiger partial charge in [-0.3, -0.25) is 0 Å². The van der Waals surface area contributed by atoms with Gasteiger partial charge in [0.15, 0.2) is 11.5 Å². The second kappa shape index (κ2) is 11.2. The topological polar surface area (TPSA) is 165 Å². The maximum atomic E-state index is 12.2. The van der Waals surface area contributed by atoms with Gasteiger partial charge in [0, 0.05) is 23.7 Å². The van der Waals surface area contributed by atoms with Crippen molar-refractivity contribution in [3.63, 3.8) is 0 Å². The molecule has 0 aliphatic carbocycles. The van der Waals surface area contributed by atoms with E-state index in [0.717, 1.165) is 16.7 Å². The van der Waals surface area contributed by atoms with Gasteiger partial charge in [-0.15, -0.1) is 0 Å². The van der Waals surface area contributed by atoms with Crippen LogP contribution in [0.4, 0.5) is 0 Å². The molecule has 0 radical (unpaired) electrons. The SMILES string of the molecule is CNCC1(C(=O)O)OC(Oc2cc3c(c(-c4ccccc4)c2)C2Oc4c(ccc(OC)c4OC)C2CO3)C(O)C(O)C1O. The Morgan fingerprint density at radius 2 is 1.81 bits per heavy atom. The quantitative estimate of drug-likeness (QED) is 0.257. The van der Waals surface area contributed by atoms with E-state index in [4.69, 9.17) is 28.4 Å². The number of rotatable bonds is 8. The fourth-order valence-corrected chi connectivity index (χ4v) is 6.11. The third-order valence-corrected chi connectivity index (χ3v) is 8.25. The van der Waals surface area contributed by atoms with E-state index in [9.17, 15) is 25.2 Å². The van der Waals surface area contributed by atoms with Crippen molar-refractivity contribution in [2.24, 2.45) is 0 Å². The molecule has 3 aliphatic rings. The minimum atomic E-state index is -2.28. The highest BCUT2D eigenvalue weighted by Gasteiger charge is 2.59. The predicted molar refractivity (Wildman–Crippen MR) is 151 cm³/mol. The van der Waals surface area contributed by atoms with Crippen LogP contribution in [0.5, 0.6) is 28.7 Å². The lowest BCUT2D eigenvalue weighted by molar-refractivity contribution is -0.305. The number of carboxylic acid groups (broad SMARTS) is 1. The number of nitrogens with one attached hydrogen (secondary N) is 1. The van der Waals surface area contributed by atoms with Gasteiger partial charge in [0.2, 0.25) is 17.6 Å². The number of likely N-dealkylation sites (N-methyl/N-ethyl adjacent to an activating group) is 1. The molecule has 12 heteroatoms. The van der Waals surface area contributed by atoms with Crippen LogP contribution in [-0.4, -0.2) is 91.0 Å². The summed E-state index contributed by atoms with van der Waals surface area (Å²) in [5, 5.41) is 44.5. The summed E-state index contributed by atoms with van der Waals surface area (Å²) < 4.78 is 35.6. The first-order chi connectivity index (χ1) is 20.7. The predicted octanol–water partition coefficient (Wildman–Crippen LogP) is 1.84. The van der Waals surface area contributed by atoms with Crippen LogP contribution in [-0.2, 0) is 9.53 Å². The van der Waals surface area contributed by atoms with Gasteiger partial charge in [-0.1, -0.05) is 36.4 Å². The molecule has 12 nitrogen and oxygen atoms in total. The number of aliphatic hydroxyl groups is 3. The van der Waals surface area contributed by atoms with Crippen LogP contribution in [0.1, 0.15) is 23.1 Å². The number of hydrogen-bond acceptors (Lipinski definition) is 11. The summed E-state index contributed by atoms with van der Waals surface area (Å²) in [7, 11) is 4.59. The van der Waals surface area contributed by atoms with Gasteiger partial charge in [-0.2, -0.15) is 0 Å². The van der Waals surface area contributed by atoms with Crippen LogP contribution in [0, 0.1) is 0 Å². The molecule has 0 bridgehead atoms. The lowest BCUT2D eigenvalue weighted by atomic mass is 9.85. The Kier molecular flexibility index (Phi) is 7.57. The smallest absolute Gasteiger partial charge is 0.340 e. The van der Waals surface area contributed by atoms with E-state index in [1.165, 1.54) is 7.05 Å². The van der Waals surface area contributed by atoms with Crippen LogP contribution < -0.4 is 29.0 Å². The van der Waals surface area contributed by atoms with E-state index in [1.54, 1.807) is 26.4 Å². The molecule has 3 aromatic carbocycles. The van der Waals surface area contributed by atoms with Crippen molar-refractivity contribution in [1.82, 2.24) is 5.32 Å². The van der Waals surface area contributed by atoms with E-state index >= 15 is 0 Å². The molecule has 0 saturated carbocycles. The molecule has 3 aliphatic heterocycles. The summed E-state index contributed by atoms with van der Waals surface area (Å²) in [6.45, 7) is -0.0689. The average molecular weight is 596 g/mol. The Bertz CT molecular complexity index is 1520. The summed E-state index contributed by atoms with van der Waals surface area (Å²) in [6.07, 6.45) is -7.61. The first-order valence-electron chi connectivity index (χ1n) is 13.8. The van der Waals surface area contributed by atoms with Crippen molar-refractivity contribution in [3.05, 3.63) is 65.7 Å². The second-order valence-electron chi connectivity index (χ2n) is 10.7. The molecule has 7 atom stereocenters. The zero-order valence-corrected chi connectivity index (χ0v) is 23.7. The Hall–Kier alpha value is -4.07. The van der Waals surface area contributed by atoms with Gasteiger partial charge >= 0.3 is 5.97 Å². The molecule has 5 N–H and O–H groups in total. The number of aliphatic hydroxyl groups excluding tert-OH is 3. The number of carbonyl (C=O) groups is 1. The lowest BCUT2D eigenvalue weighted by Gasteiger charge is -2.45.